The number of aliphatic hydroxyl groups is 1. The molecule has 8 heteroatoms. The number of nitrogens with zero attached hydrogens (tertiary/aromatic N) is 1. The van der Waals surface area contributed by atoms with Gasteiger partial charge in [-0.05, 0) is 50.8 Å². The number of hydroxylamine groups is 1. The molecule has 0 saturated carbocycles. The zero-order chi connectivity index (χ0) is 22.3. The Hall–Kier alpha value is -2.71. The maximum Gasteiger partial charge on any atom is 0.278 e. The number of anilines is 2. The molecule has 164 valence electrons. The van der Waals surface area contributed by atoms with E-state index in [1.165, 1.54) is 6.07 Å². The van der Waals surface area contributed by atoms with Crippen LogP contribution in [0.3, 0.4) is 0 Å². The quantitative estimate of drug-likeness (QED) is 0.473. The van der Waals surface area contributed by atoms with Gasteiger partial charge >= 0.3 is 0 Å². The molecule has 3 N–H and O–H groups in total. The van der Waals surface area contributed by atoms with Crippen LogP contribution in [0.2, 0.25) is 0 Å². The predicted octanol–water partition coefficient (Wildman–Crippen LogP) is 3.36. The van der Waals surface area contributed by atoms with E-state index in [1.807, 2.05) is 13.8 Å². The number of nitrogens with one attached hydrogen (secondary N) is 2. The van der Waals surface area contributed by atoms with Crippen molar-refractivity contribution in [2.45, 2.75) is 53.5 Å². The van der Waals surface area contributed by atoms with Crippen LogP contribution in [0.5, 0.6) is 0 Å². The summed E-state index contributed by atoms with van der Waals surface area (Å²) in [6, 6.07) is 4.71. The smallest absolute Gasteiger partial charge is 0.278 e. The second-order valence-electron chi connectivity index (χ2n) is 6.85. The number of fused-ring (bicyclic) bond motifs is 1. The third kappa shape index (κ3) is 5.06. The molecule has 0 fully saturated rings. The number of rotatable bonds is 7. The molecule has 3 rings (SSSR count). The van der Waals surface area contributed by atoms with Crippen LogP contribution in [-0.4, -0.2) is 28.8 Å². The average Bonchev–Trinajstić information content (AvgIpc) is 3.22. The summed E-state index contributed by atoms with van der Waals surface area (Å²) in [5, 5.41) is 11.8. The van der Waals surface area contributed by atoms with Gasteiger partial charge in [-0.2, -0.15) is 0 Å². The standard InChI is InChI=1S/C20H24FN3O4.C2H6/c1-12-6-7-15(14(21)11-12)22-18-13(2)20(27)24-8-3-5-16(24)17(18)19(26)23-28-10-4-9-25;1-2/h6-7,11,22,25H,3-5,8-10H2,1-2H3,(H,23,26);1-2H3. The van der Waals surface area contributed by atoms with Gasteiger partial charge in [0.1, 0.15) is 5.82 Å². The number of aryl methyl sites for hydroxylation is 1. The number of aromatic nitrogens is 1. The van der Waals surface area contributed by atoms with Gasteiger partial charge in [-0.3, -0.25) is 14.4 Å². The highest BCUT2D eigenvalue weighted by molar-refractivity contribution is 6.01. The third-order valence-corrected chi connectivity index (χ3v) is 4.78. The van der Waals surface area contributed by atoms with Crippen molar-refractivity contribution >= 4 is 17.3 Å². The van der Waals surface area contributed by atoms with E-state index in [-0.39, 0.29) is 35.7 Å². The van der Waals surface area contributed by atoms with Gasteiger partial charge in [-0.15, -0.1) is 0 Å². The molecular formula is C22H30FN3O4. The summed E-state index contributed by atoms with van der Waals surface area (Å²) in [7, 11) is 0. The van der Waals surface area contributed by atoms with E-state index in [0.29, 0.717) is 30.6 Å². The second kappa shape index (κ2) is 10.9. The van der Waals surface area contributed by atoms with Gasteiger partial charge in [-0.25, -0.2) is 9.87 Å². The van der Waals surface area contributed by atoms with Gasteiger partial charge in [0.05, 0.1) is 23.5 Å². The van der Waals surface area contributed by atoms with Crippen LogP contribution < -0.4 is 16.4 Å². The van der Waals surface area contributed by atoms with E-state index >= 15 is 0 Å². The first-order valence-corrected chi connectivity index (χ1v) is 10.3. The Morgan fingerprint density at radius 2 is 2.03 bits per heavy atom. The van der Waals surface area contributed by atoms with E-state index in [9.17, 15) is 14.0 Å². The fraction of sp³-hybridized carbons (Fsp3) is 0.455. The molecule has 0 spiro atoms. The van der Waals surface area contributed by atoms with Gasteiger partial charge in [0, 0.05) is 24.4 Å². The zero-order valence-electron chi connectivity index (χ0n) is 18.0. The van der Waals surface area contributed by atoms with Crippen LogP contribution in [0, 0.1) is 19.7 Å². The Kier molecular flexibility index (Phi) is 8.56. The van der Waals surface area contributed by atoms with Gasteiger partial charge in [-0.1, -0.05) is 19.9 Å². The van der Waals surface area contributed by atoms with Crippen LogP contribution in [0.1, 0.15) is 53.9 Å². The number of carbonyl (C=O) groups is 1. The SMILES string of the molecule is CC.Cc1ccc(Nc2c(C(=O)NOCCCO)c3n(c(=O)c2C)CCC3)c(F)c1. The molecule has 30 heavy (non-hydrogen) atoms. The molecule has 0 radical (unpaired) electrons. The molecule has 1 aromatic heterocycles. The molecule has 0 atom stereocenters. The number of hydrogen-bond acceptors (Lipinski definition) is 5. The Balaban J connectivity index is 0.00000155. The van der Waals surface area contributed by atoms with E-state index < -0.39 is 11.7 Å². The molecule has 1 aromatic carbocycles. The highest BCUT2D eigenvalue weighted by Crippen LogP contribution is 2.30. The Morgan fingerprint density at radius 1 is 1.30 bits per heavy atom. The highest BCUT2D eigenvalue weighted by Gasteiger charge is 2.27. The van der Waals surface area contributed by atoms with E-state index in [2.05, 4.69) is 10.8 Å². The molecule has 0 saturated heterocycles. The molecule has 7 nitrogen and oxygen atoms in total. The zero-order valence-corrected chi connectivity index (χ0v) is 18.0. The van der Waals surface area contributed by atoms with Gasteiger partial charge in [0.15, 0.2) is 0 Å². The van der Waals surface area contributed by atoms with Gasteiger partial charge in [0.25, 0.3) is 11.5 Å². The maximum atomic E-state index is 14.4. The average molecular weight is 419 g/mol. The van der Waals surface area contributed by atoms with Crippen molar-refractivity contribution in [3.8, 4) is 0 Å². The van der Waals surface area contributed by atoms with Crippen molar-refractivity contribution in [3.05, 3.63) is 56.8 Å². The molecule has 1 aliphatic rings. The fourth-order valence-electron chi connectivity index (χ4n) is 3.36. The van der Waals surface area contributed by atoms with Crippen molar-refractivity contribution in [1.82, 2.24) is 10.0 Å². The number of carbonyl (C=O) groups excluding carboxylic acids is 1. The van der Waals surface area contributed by atoms with Crippen molar-refractivity contribution in [2.75, 3.05) is 18.5 Å². The molecule has 0 bridgehead atoms. The lowest BCUT2D eigenvalue weighted by atomic mass is 10.0. The summed E-state index contributed by atoms with van der Waals surface area (Å²) >= 11 is 0. The van der Waals surface area contributed by atoms with E-state index in [0.717, 1.165) is 12.0 Å². The first kappa shape index (κ1) is 23.6. The third-order valence-electron chi connectivity index (χ3n) is 4.78. The fourth-order valence-corrected chi connectivity index (χ4v) is 3.36. The lowest BCUT2D eigenvalue weighted by Crippen LogP contribution is -2.31. The first-order chi connectivity index (χ1) is 14.4. The van der Waals surface area contributed by atoms with Crippen molar-refractivity contribution in [3.63, 3.8) is 0 Å². The van der Waals surface area contributed by atoms with Gasteiger partial charge in [0.2, 0.25) is 0 Å². The normalized spacial score (nSPS) is 12.1. The monoisotopic (exact) mass is 419 g/mol. The van der Waals surface area contributed by atoms with Crippen LogP contribution >= 0.6 is 0 Å². The number of hydrogen-bond donors (Lipinski definition) is 3. The first-order valence-electron chi connectivity index (χ1n) is 10.3. The summed E-state index contributed by atoms with van der Waals surface area (Å²) in [5.74, 6) is -0.979. The number of aliphatic hydroxyl groups excluding tert-OH is 1. The molecule has 1 aliphatic heterocycles. The highest BCUT2D eigenvalue weighted by atomic mass is 19.1. The minimum atomic E-state index is -0.512. The number of benzene rings is 1. The molecule has 2 aromatic rings. The summed E-state index contributed by atoms with van der Waals surface area (Å²) < 4.78 is 16.0. The number of amides is 1. The topological polar surface area (TPSA) is 92.6 Å². The Labute approximate surface area is 175 Å². The molecule has 0 aliphatic carbocycles. The lowest BCUT2D eigenvalue weighted by molar-refractivity contribution is 0.0261. The van der Waals surface area contributed by atoms with E-state index in [4.69, 9.17) is 9.94 Å². The van der Waals surface area contributed by atoms with Gasteiger partial charge < -0.3 is 15.0 Å². The largest absolute Gasteiger partial charge is 0.396 e. The van der Waals surface area contributed by atoms with Crippen molar-refractivity contribution in [2.24, 2.45) is 0 Å². The lowest BCUT2D eigenvalue weighted by Gasteiger charge is -2.19. The maximum absolute atomic E-state index is 14.4. The summed E-state index contributed by atoms with van der Waals surface area (Å²) in [6.07, 6.45) is 1.70. The Morgan fingerprint density at radius 3 is 2.70 bits per heavy atom. The number of pyridine rings is 1. The molecular weight excluding hydrogens is 389 g/mol. The molecule has 1 amide bonds. The van der Waals surface area contributed by atoms with Crippen molar-refractivity contribution < 1.29 is 19.1 Å². The minimum Gasteiger partial charge on any atom is -0.396 e. The minimum absolute atomic E-state index is 0.0510. The van der Waals surface area contributed by atoms with Crippen LogP contribution in [0.15, 0.2) is 23.0 Å². The van der Waals surface area contributed by atoms with Crippen molar-refractivity contribution in [1.29, 1.82) is 0 Å². The summed E-state index contributed by atoms with van der Waals surface area (Å²) in [5.41, 5.74) is 4.62. The molecule has 0 unspecified atom stereocenters. The van der Waals surface area contributed by atoms with Crippen LogP contribution in [0.4, 0.5) is 15.8 Å². The summed E-state index contributed by atoms with van der Waals surface area (Å²) in [4.78, 5) is 30.7. The van der Waals surface area contributed by atoms with Crippen LogP contribution in [-0.2, 0) is 17.8 Å². The molecule has 2 heterocycles. The predicted molar refractivity (Wildman–Crippen MR) is 115 cm³/mol. The number of halogens is 1. The summed E-state index contributed by atoms with van der Waals surface area (Å²) in [6.45, 7) is 8.05. The van der Waals surface area contributed by atoms with Crippen LogP contribution in [0.25, 0.3) is 0 Å². The Bertz CT molecular complexity index is 956. The van der Waals surface area contributed by atoms with E-state index in [1.54, 1.807) is 30.5 Å². The second-order valence-corrected chi connectivity index (χ2v) is 6.85.